The molecule has 114 valence electrons. The van der Waals surface area contributed by atoms with Gasteiger partial charge in [0.1, 0.15) is 0 Å². The Labute approximate surface area is 121 Å². The van der Waals surface area contributed by atoms with Gasteiger partial charge in [-0.15, -0.1) is 0 Å². The van der Waals surface area contributed by atoms with Crippen molar-refractivity contribution in [2.24, 2.45) is 5.73 Å². The van der Waals surface area contributed by atoms with E-state index in [0.29, 0.717) is 5.56 Å². The Balaban J connectivity index is 2.76. The zero-order chi connectivity index (χ0) is 15.9. The fourth-order valence-corrected chi connectivity index (χ4v) is 2.49. The van der Waals surface area contributed by atoms with Crippen molar-refractivity contribution in [1.29, 1.82) is 0 Å². The molecule has 0 atom stereocenters. The molecule has 0 fully saturated rings. The van der Waals surface area contributed by atoms with E-state index in [4.69, 9.17) is 10.8 Å². The van der Waals surface area contributed by atoms with Gasteiger partial charge in [-0.2, -0.15) is 0 Å². The SMILES string of the molecule is NC(=O)NCCNS(=O)(=O)c1cccc(/C=C/C(=O)O)c1. The van der Waals surface area contributed by atoms with Crippen molar-refractivity contribution >= 4 is 28.1 Å². The number of aliphatic carboxylic acids is 1. The minimum atomic E-state index is -3.74. The van der Waals surface area contributed by atoms with Crippen LogP contribution in [0, 0.1) is 0 Å². The van der Waals surface area contributed by atoms with Gasteiger partial charge in [0.05, 0.1) is 4.90 Å². The number of sulfonamides is 1. The number of rotatable bonds is 7. The topological polar surface area (TPSA) is 139 Å². The van der Waals surface area contributed by atoms with Gasteiger partial charge >= 0.3 is 12.0 Å². The monoisotopic (exact) mass is 313 g/mol. The van der Waals surface area contributed by atoms with Crippen LogP contribution in [0.5, 0.6) is 0 Å². The number of carbonyl (C=O) groups excluding carboxylic acids is 1. The molecule has 0 aromatic heterocycles. The van der Waals surface area contributed by atoms with Gasteiger partial charge in [-0.1, -0.05) is 12.1 Å². The fraction of sp³-hybridized carbons (Fsp3) is 0.167. The molecular formula is C12H15N3O5S. The van der Waals surface area contributed by atoms with E-state index in [1.165, 1.54) is 24.3 Å². The minimum Gasteiger partial charge on any atom is -0.478 e. The minimum absolute atomic E-state index is 0.00545. The van der Waals surface area contributed by atoms with E-state index < -0.39 is 22.0 Å². The Morgan fingerprint density at radius 1 is 1.29 bits per heavy atom. The predicted octanol–water partition coefficient (Wildman–Crippen LogP) is -0.269. The summed E-state index contributed by atoms with van der Waals surface area (Å²) in [7, 11) is -3.74. The number of hydrogen-bond acceptors (Lipinski definition) is 4. The molecule has 0 saturated heterocycles. The van der Waals surface area contributed by atoms with Gasteiger partial charge in [0.2, 0.25) is 10.0 Å². The van der Waals surface area contributed by atoms with Gasteiger partial charge in [-0.05, 0) is 23.8 Å². The smallest absolute Gasteiger partial charge is 0.328 e. The number of carboxylic acid groups (broad SMARTS) is 1. The van der Waals surface area contributed by atoms with E-state index in [-0.39, 0.29) is 18.0 Å². The van der Waals surface area contributed by atoms with Crippen molar-refractivity contribution in [2.45, 2.75) is 4.90 Å². The quantitative estimate of drug-likeness (QED) is 0.405. The number of amides is 2. The lowest BCUT2D eigenvalue weighted by Gasteiger charge is -2.07. The molecule has 0 bridgehead atoms. The highest BCUT2D eigenvalue weighted by atomic mass is 32.2. The first kappa shape index (κ1) is 16.7. The molecule has 0 heterocycles. The third-order valence-electron chi connectivity index (χ3n) is 2.30. The summed E-state index contributed by atoms with van der Waals surface area (Å²) in [5.41, 5.74) is 5.29. The van der Waals surface area contributed by atoms with Crippen molar-refractivity contribution in [3.63, 3.8) is 0 Å². The molecule has 21 heavy (non-hydrogen) atoms. The first-order valence-electron chi connectivity index (χ1n) is 5.85. The molecule has 0 aliphatic heterocycles. The molecule has 0 saturated carbocycles. The third-order valence-corrected chi connectivity index (χ3v) is 3.76. The third kappa shape index (κ3) is 6.06. The van der Waals surface area contributed by atoms with Crippen LogP contribution < -0.4 is 15.8 Å². The zero-order valence-corrected chi connectivity index (χ0v) is 11.8. The molecule has 0 radical (unpaired) electrons. The predicted molar refractivity (Wildman–Crippen MR) is 75.9 cm³/mol. The van der Waals surface area contributed by atoms with Crippen LogP contribution in [0.4, 0.5) is 4.79 Å². The van der Waals surface area contributed by atoms with Crippen LogP contribution in [-0.2, 0) is 14.8 Å². The van der Waals surface area contributed by atoms with Gasteiger partial charge in [0, 0.05) is 19.2 Å². The zero-order valence-electron chi connectivity index (χ0n) is 10.9. The first-order valence-corrected chi connectivity index (χ1v) is 7.33. The van der Waals surface area contributed by atoms with E-state index in [2.05, 4.69) is 10.0 Å². The highest BCUT2D eigenvalue weighted by molar-refractivity contribution is 7.89. The fourth-order valence-electron chi connectivity index (χ4n) is 1.41. The van der Waals surface area contributed by atoms with Crippen molar-refractivity contribution in [2.75, 3.05) is 13.1 Å². The summed E-state index contributed by atoms with van der Waals surface area (Å²) in [5, 5.41) is 10.8. The van der Waals surface area contributed by atoms with Gasteiger partial charge in [0.25, 0.3) is 0 Å². The number of urea groups is 1. The molecule has 0 aliphatic carbocycles. The molecule has 0 aliphatic rings. The molecule has 1 rings (SSSR count). The molecule has 2 amide bonds. The highest BCUT2D eigenvalue weighted by Crippen LogP contribution is 2.12. The molecule has 9 heteroatoms. The summed E-state index contributed by atoms with van der Waals surface area (Å²) in [6.45, 7) is 0.0492. The summed E-state index contributed by atoms with van der Waals surface area (Å²) in [4.78, 5) is 20.9. The van der Waals surface area contributed by atoms with Crippen LogP contribution in [-0.4, -0.2) is 38.6 Å². The first-order chi connectivity index (χ1) is 9.81. The Morgan fingerprint density at radius 3 is 2.62 bits per heavy atom. The maximum Gasteiger partial charge on any atom is 0.328 e. The maximum atomic E-state index is 12.0. The summed E-state index contributed by atoms with van der Waals surface area (Å²) in [6, 6.07) is 5.05. The molecule has 5 N–H and O–H groups in total. The molecule has 8 nitrogen and oxygen atoms in total. The maximum absolute atomic E-state index is 12.0. The highest BCUT2D eigenvalue weighted by Gasteiger charge is 2.13. The Hall–Kier alpha value is -2.39. The van der Waals surface area contributed by atoms with Crippen LogP contribution in [0.15, 0.2) is 35.2 Å². The second-order valence-corrected chi connectivity index (χ2v) is 5.70. The van der Waals surface area contributed by atoms with E-state index in [1.54, 1.807) is 6.07 Å². The van der Waals surface area contributed by atoms with Crippen LogP contribution in [0.25, 0.3) is 6.08 Å². The van der Waals surface area contributed by atoms with Crippen LogP contribution >= 0.6 is 0 Å². The summed E-state index contributed by atoms with van der Waals surface area (Å²) >= 11 is 0. The number of benzene rings is 1. The van der Waals surface area contributed by atoms with Crippen LogP contribution in [0.3, 0.4) is 0 Å². The average Bonchev–Trinajstić information content (AvgIpc) is 2.41. The number of nitrogens with one attached hydrogen (secondary N) is 2. The number of carbonyl (C=O) groups is 2. The van der Waals surface area contributed by atoms with Crippen molar-refractivity contribution < 1.29 is 23.1 Å². The number of primary amides is 1. The Bertz CT molecular complexity index is 655. The van der Waals surface area contributed by atoms with Gasteiger partial charge < -0.3 is 16.2 Å². The van der Waals surface area contributed by atoms with Gasteiger partial charge in [-0.25, -0.2) is 22.7 Å². The van der Waals surface area contributed by atoms with E-state index in [1.807, 2.05) is 0 Å². The molecule has 0 unspecified atom stereocenters. The number of nitrogens with two attached hydrogens (primary N) is 1. The van der Waals surface area contributed by atoms with E-state index >= 15 is 0 Å². The summed E-state index contributed by atoms with van der Waals surface area (Å²) < 4.78 is 26.2. The van der Waals surface area contributed by atoms with Crippen molar-refractivity contribution in [1.82, 2.24) is 10.0 Å². The lowest BCUT2D eigenvalue weighted by molar-refractivity contribution is -0.131. The lowest BCUT2D eigenvalue weighted by atomic mass is 10.2. The number of carboxylic acids is 1. The Morgan fingerprint density at radius 2 is 2.00 bits per heavy atom. The van der Waals surface area contributed by atoms with E-state index in [9.17, 15) is 18.0 Å². The van der Waals surface area contributed by atoms with Gasteiger partial charge in [0.15, 0.2) is 0 Å². The summed E-state index contributed by atoms with van der Waals surface area (Å²) in [6.07, 6.45) is 2.20. The standard InChI is InChI=1S/C12H15N3O5S/c13-12(18)14-6-7-15-21(19,20)10-3-1-2-9(8-10)4-5-11(16)17/h1-5,8,15H,6-7H2,(H,16,17)(H3,13,14,18)/b5-4+. The normalized spacial score (nSPS) is 11.4. The number of hydrogen-bond donors (Lipinski definition) is 4. The Kier molecular flexibility index (Phi) is 5.88. The molecule has 1 aromatic carbocycles. The molecule has 0 spiro atoms. The largest absolute Gasteiger partial charge is 0.478 e. The van der Waals surface area contributed by atoms with Crippen molar-refractivity contribution in [3.05, 3.63) is 35.9 Å². The van der Waals surface area contributed by atoms with E-state index in [0.717, 1.165) is 6.08 Å². The summed E-state index contributed by atoms with van der Waals surface area (Å²) in [5.74, 6) is -1.13. The lowest BCUT2D eigenvalue weighted by Crippen LogP contribution is -2.37. The molecular weight excluding hydrogens is 298 g/mol. The second-order valence-electron chi connectivity index (χ2n) is 3.93. The average molecular weight is 313 g/mol. The molecule has 1 aromatic rings. The van der Waals surface area contributed by atoms with Gasteiger partial charge in [-0.3, -0.25) is 0 Å². The van der Waals surface area contributed by atoms with Crippen LogP contribution in [0.2, 0.25) is 0 Å². The second kappa shape index (κ2) is 7.41. The van der Waals surface area contributed by atoms with Crippen LogP contribution in [0.1, 0.15) is 5.56 Å². The van der Waals surface area contributed by atoms with Crippen molar-refractivity contribution in [3.8, 4) is 0 Å².